The number of carbonyl (C=O) groups excluding carboxylic acids is 1. The Morgan fingerprint density at radius 3 is 2.60 bits per heavy atom. The number of aromatic nitrogens is 2. The molecule has 0 spiro atoms. The molecule has 0 radical (unpaired) electrons. The first-order chi connectivity index (χ1) is 12.1. The Bertz CT molecular complexity index is 828. The number of hydrogen-bond donors (Lipinski definition) is 1. The van der Waals surface area contributed by atoms with Crippen LogP contribution in [-0.2, 0) is 11.2 Å². The van der Waals surface area contributed by atoms with Gasteiger partial charge in [0.05, 0.1) is 16.4 Å². The Hall–Kier alpha value is -2.73. The summed E-state index contributed by atoms with van der Waals surface area (Å²) in [4.78, 5) is 23.0. The molecule has 0 aliphatic heterocycles. The summed E-state index contributed by atoms with van der Waals surface area (Å²) in [5.74, 6) is -0.00723. The molecule has 25 heavy (non-hydrogen) atoms. The summed E-state index contributed by atoms with van der Waals surface area (Å²) in [6, 6.07) is 13.5. The number of benzene rings is 1. The van der Waals surface area contributed by atoms with Crippen LogP contribution in [0.15, 0.2) is 54.0 Å². The van der Waals surface area contributed by atoms with E-state index in [1.165, 1.54) is 0 Å². The molecule has 0 fully saturated rings. The summed E-state index contributed by atoms with van der Waals surface area (Å²) in [5, 5.41) is 5.85. The summed E-state index contributed by atoms with van der Waals surface area (Å²) >= 11 is 1.56. The van der Waals surface area contributed by atoms with E-state index in [0.29, 0.717) is 12.8 Å². The largest absolute Gasteiger partial charge is 0.378 e. The van der Waals surface area contributed by atoms with E-state index in [1.54, 1.807) is 17.5 Å². The van der Waals surface area contributed by atoms with Gasteiger partial charge in [0.15, 0.2) is 0 Å². The number of hydrogen-bond acceptors (Lipinski definition) is 5. The molecule has 0 bridgehead atoms. The first kappa shape index (κ1) is 17.1. The highest BCUT2D eigenvalue weighted by Crippen LogP contribution is 2.21. The lowest BCUT2D eigenvalue weighted by Gasteiger charge is -2.13. The van der Waals surface area contributed by atoms with Crippen LogP contribution < -0.4 is 10.2 Å². The maximum Gasteiger partial charge on any atom is 0.224 e. The molecule has 2 heterocycles. The number of thiazole rings is 1. The second kappa shape index (κ2) is 7.90. The van der Waals surface area contributed by atoms with Crippen molar-refractivity contribution in [3.8, 4) is 11.4 Å². The van der Waals surface area contributed by atoms with Crippen LogP contribution >= 0.6 is 11.3 Å². The molecule has 128 valence electrons. The topological polar surface area (TPSA) is 58.1 Å². The third-order valence-corrected chi connectivity index (χ3v) is 4.62. The Kier molecular flexibility index (Phi) is 5.40. The lowest BCUT2D eigenvalue weighted by molar-refractivity contribution is -0.116. The Labute approximate surface area is 151 Å². The molecule has 0 atom stereocenters. The predicted molar refractivity (Wildman–Crippen MR) is 103 cm³/mol. The summed E-state index contributed by atoms with van der Waals surface area (Å²) in [5.41, 5.74) is 3.63. The second-order valence-corrected chi connectivity index (χ2v) is 6.77. The maximum absolute atomic E-state index is 12.1. The minimum atomic E-state index is -0.00723. The zero-order valence-corrected chi connectivity index (χ0v) is 15.1. The molecule has 2 aromatic heterocycles. The van der Waals surface area contributed by atoms with Gasteiger partial charge in [0.2, 0.25) is 5.91 Å². The third kappa shape index (κ3) is 4.64. The van der Waals surface area contributed by atoms with E-state index in [2.05, 4.69) is 15.3 Å². The van der Waals surface area contributed by atoms with Crippen molar-refractivity contribution in [3.05, 3.63) is 59.0 Å². The van der Waals surface area contributed by atoms with Crippen molar-refractivity contribution < 1.29 is 4.79 Å². The molecule has 1 N–H and O–H groups in total. The fourth-order valence-electron chi connectivity index (χ4n) is 2.34. The van der Waals surface area contributed by atoms with Crippen LogP contribution in [0.25, 0.3) is 11.4 Å². The van der Waals surface area contributed by atoms with Crippen molar-refractivity contribution in [3.63, 3.8) is 0 Å². The zero-order chi connectivity index (χ0) is 17.6. The van der Waals surface area contributed by atoms with E-state index >= 15 is 0 Å². The van der Waals surface area contributed by atoms with Gasteiger partial charge < -0.3 is 10.2 Å². The van der Waals surface area contributed by atoms with E-state index in [1.807, 2.05) is 66.8 Å². The zero-order valence-electron chi connectivity index (χ0n) is 14.3. The molecule has 1 aromatic carbocycles. The molecular weight excluding hydrogens is 332 g/mol. The van der Waals surface area contributed by atoms with Gasteiger partial charge in [-0.15, -0.1) is 11.3 Å². The van der Waals surface area contributed by atoms with Gasteiger partial charge in [0.1, 0.15) is 0 Å². The monoisotopic (exact) mass is 352 g/mol. The molecular formula is C19H20N4OS. The quantitative estimate of drug-likeness (QED) is 0.732. The SMILES string of the molecule is CN(C)c1ccc(NC(=O)CCc2nc(-c3ccccn3)cs2)cc1. The highest BCUT2D eigenvalue weighted by molar-refractivity contribution is 7.09. The predicted octanol–water partition coefficient (Wildman–Crippen LogP) is 3.84. The van der Waals surface area contributed by atoms with Crippen LogP contribution in [0, 0.1) is 0 Å². The molecule has 3 rings (SSSR count). The molecule has 1 amide bonds. The second-order valence-electron chi connectivity index (χ2n) is 5.83. The number of nitrogens with one attached hydrogen (secondary N) is 1. The van der Waals surface area contributed by atoms with E-state index in [-0.39, 0.29) is 5.91 Å². The van der Waals surface area contributed by atoms with Gasteiger partial charge in [-0.2, -0.15) is 0 Å². The van der Waals surface area contributed by atoms with Crippen LogP contribution in [0.4, 0.5) is 11.4 Å². The van der Waals surface area contributed by atoms with Crippen molar-refractivity contribution in [1.82, 2.24) is 9.97 Å². The van der Waals surface area contributed by atoms with Gasteiger partial charge >= 0.3 is 0 Å². The van der Waals surface area contributed by atoms with Crippen molar-refractivity contribution >= 4 is 28.6 Å². The van der Waals surface area contributed by atoms with Gasteiger partial charge in [-0.25, -0.2) is 4.98 Å². The van der Waals surface area contributed by atoms with E-state index in [0.717, 1.165) is 27.8 Å². The van der Waals surface area contributed by atoms with Crippen LogP contribution in [0.2, 0.25) is 0 Å². The number of rotatable bonds is 6. The van der Waals surface area contributed by atoms with Crippen LogP contribution in [0.3, 0.4) is 0 Å². The molecule has 5 nitrogen and oxygen atoms in total. The molecule has 0 aliphatic carbocycles. The smallest absolute Gasteiger partial charge is 0.224 e. The number of amides is 1. The Morgan fingerprint density at radius 1 is 1.12 bits per heavy atom. The summed E-state index contributed by atoms with van der Waals surface area (Å²) in [7, 11) is 3.97. The first-order valence-corrected chi connectivity index (χ1v) is 8.93. The number of aryl methyl sites for hydroxylation is 1. The van der Waals surface area contributed by atoms with E-state index < -0.39 is 0 Å². The minimum Gasteiger partial charge on any atom is -0.378 e. The normalized spacial score (nSPS) is 10.5. The average Bonchev–Trinajstić information content (AvgIpc) is 3.10. The van der Waals surface area contributed by atoms with E-state index in [9.17, 15) is 4.79 Å². The number of anilines is 2. The standard InChI is InChI=1S/C19H20N4OS/c1-23(2)15-8-6-14(7-9-15)21-18(24)10-11-19-22-17(13-25-19)16-5-3-4-12-20-16/h3-9,12-13H,10-11H2,1-2H3,(H,21,24). The molecule has 0 saturated heterocycles. The van der Waals surface area contributed by atoms with Crippen molar-refractivity contribution in [2.75, 3.05) is 24.3 Å². The lowest BCUT2D eigenvalue weighted by Crippen LogP contribution is -2.13. The van der Waals surface area contributed by atoms with Crippen molar-refractivity contribution in [1.29, 1.82) is 0 Å². The van der Waals surface area contributed by atoms with Crippen LogP contribution in [0.1, 0.15) is 11.4 Å². The molecule has 0 aliphatic rings. The number of pyridine rings is 1. The molecule has 3 aromatic rings. The summed E-state index contributed by atoms with van der Waals surface area (Å²) < 4.78 is 0. The third-order valence-electron chi connectivity index (χ3n) is 3.71. The lowest BCUT2D eigenvalue weighted by atomic mass is 10.2. The van der Waals surface area contributed by atoms with Crippen molar-refractivity contribution in [2.24, 2.45) is 0 Å². The van der Waals surface area contributed by atoms with Gasteiger partial charge in [0.25, 0.3) is 0 Å². The van der Waals surface area contributed by atoms with Gasteiger partial charge in [-0.05, 0) is 36.4 Å². The fraction of sp³-hybridized carbons (Fsp3) is 0.211. The molecule has 0 unspecified atom stereocenters. The van der Waals surface area contributed by atoms with Gasteiger partial charge in [0, 0.05) is 49.9 Å². The Morgan fingerprint density at radius 2 is 1.92 bits per heavy atom. The van der Waals surface area contributed by atoms with Gasteiger partial charge in [-0.3, -0.25) is 9.78 Å². The minimum absolute atomic E-state index is 0.00723. The van der Waals surface area contributed by atoms with Crippen LogP contribution in [0.5, 0.6) is 0 Å². The summed E-state index contributed by atoms with van der Waals surface area (Å²) in [6.45, 7) is 0. The van der Waals surface area contributed by atoms with Crippen molar-refractivity contribution in [2.45, 2.75) is 12.8 Å². The number of carbonyl (C=O) groups is 1. The first-order valence-electron chi connectivity index (χ1n) is 8.05. The summed E-state index contributed by atoms with van der Waals surface area (Å²) in [6.07, 6.45) is 2.78. The average molecular weight is 352 g/mol. The highest BCUT2D eigenvalue weighted by Gasteiger charge is 2.08. The number of nitrogens with zero attached hydrogens (tertiary/aromatic N) is 3. The molecule has 0 saturated carbocycles. The van der Waals surface area contributed by atoms with Gasteiger partial charge in [-0.1, -0.05) is 6.07 Å². The highest BCUT2D eigenvalue weighted by atomic mass is 32.1. The maximum atomic E-state index is 12.1. The molecule has 6 heteroatoms. The Balaban J connectivity index is 1.53. The van der Waals surface area contributed by atoms with Crippen LogP contribution in [-0.4, -0.2) is 30.0 Å². The fourth-order valence-corrected chi connectivity index (χ4v) is 3.14. The van der Waals surface area contributed by atoms with E-state index in [4.69, 9.17) is 0 Å².